The smallest absolute Gasteiger partial charge is 0.325 e. The van der Waals surface area contributed by atoms with E-state index in [1.165, 1.54) is 11.8 Å². The first-order chi connectivity index (χ1) is 14.9. The number of anilines is 1. The molecule has 4 rings (SSSR count). The van der Waals surface area contributed by atoms with Crippen molar-refractivity contribution in [1.82, 2.24) is 10.2 Å². The number of fused-ring (bicyclic) bond motifs is 1. The molecular formula is C22H23N3O5S. The third kappa shape index (κ3) is 4.05. The Morgan fingerprint density at radius 3 is 2.68 bits per heavy atom. The van der Waals surface area contributed by atoms with Gasteiger partial charge in [-0.1, -0.05) is 18.2 Å². The second-order valence-electron chi connectivity index (χ2n) is 7.41. The molecule has 1 fully saturated rings. The van der Waals surface area contributed by atoms with Gasteiger partial charge in [-0.05, 0) is 43.0 Å². The highest BCUT2D eigenvalue weighted by molar-refractivity contribution is 7.98. The summed E-state index contributed by atoms with van der Waals surface area (Å²) in [5.74, 6) is 0.182. The SMILES string of the molecule is CSc1ccccc1NC(=O)CN1C(=O)N[C@](C)(c2ccc3c(c2)OCCCO3)C1=O. The number of urea groups is 1. The van der Waals surface area contributed by atoms with Gasteiger partial charge in [0.05, 0.1) is 18.9 Å². The zero-order chi connectivity index (χ0) is 22.0. The third-order valence-corrected chi connectivity index (χ3v) is 6.08. The molecule has 2 aromatic carbocycles. The number of para-hydroxylation sites is 1. The molecule has 0 saturated carbocycles. The molecular weight excluding hydrogens is 418 g/mol. The minimum Gasteiger partial charge on any atom is -0.490 e. The fourth-order valence-corrected chi connectivity index (χ4v) is 4.15. The lowest BCUT2D eigenvalue weighted by atomic mass is 9.91. The number of rotatable bonds is 5. The summed E-state index contributed by atoms with van der Waals surface area (Å²) in [4.78, 5) is 40.2. The van der Waals surface area contributed by atoms with Gasteiger partial charge in [-0.15, -0.1) is 11.8 Å². The topological polar surface area (TPSA) is 97.0 Å². The Hall–Kier alpha value is -3.20. The lowest BCUT2D eigenvalue weighted by molar-refractivity contribution is -0.133. The van der Waals surface area contributed by atoms with Gasteiger partial charge in [0, 0.05) is 11.3 Å². The maximum atomic E-state index is 13.2. The van der Waals surface area contributed by atoms with Gasteiger partial charge in [-0.2, -0.15) is 0 Å². The molecule has 9 heteroatoms. The van der Waals surface area contributed by atoms with Gasteiger partial charge in [0.1, 0.15) is 12.1 Å². The van der Waals surface area contributed by atoms with E-state index >= 15 is 0 Å². The summed E-state index contributed by atoms with van der Waals surface area (Å²) < 4.78 is 11.3. The summed E-state index contributed by atoms with van der Waals surface area (Å²) in [7, 11) is 0. The fourth-order valence-electron chi connectivity index (χ4n) is 3.59. The summed E-state index contributed by atoms with van der Waals surface area (Å²) in [5, 5.41) is 5.49. The van der Waals surface area contributed by atoms with Gasteiger partial charge in [0.2, 0.25) is 5.91 Å². The van der Waals surface area contributed by atoms with Crippen molar-refractivity contribution in [1.29, 1.82) is 0 Å². The number of hydrogen-bond donors (Lipinski definition) is 2. The van der Waals surface area contributed by atoms with E-state index in [0.717, 1.165) is 16.2 Å². The minimum atomic E-state index is -1.31. The molecule has 2 aromatic rings. The number of carbonyl (C=O) groups excluding carboxylic acids is 3. The van der Waals surface area contributed by atoms with Gasteiger partial charge in [0.25, 0.3) is 5.91 Å². The molecule has 1 saturated heterocycles. The third-order valence-electron chi connectivity index (χ3n) is 5.28. The molecule has 0 aliphatic carbocycles. The Balaban J connectivity index is 1.52. The summed E-state index contributed by atoms with van der Waals surface area (Å²) in [6.07, 6.45) is 2.67. The highest BCUT2D eigenvalue weighted by Crippen LogP contribution is 2.36. The summed E-state index contributed by atoms with van der Waals surface area (Å²) in [6, 6.07) is 11.9. The second-order valence-corrected chi connectivity index (χ2v) is 8.25. The van der Waals surface area contributed by atoms with Gasteiger partial charge in [-0.25, -0.2) is 4.79 Å². The average Bonchev–Trinajstić information content (AvgIpc) is 2.93. The molecule has 0 aromatic heterocycles. The molecule has 31 heavy (non-hydrogen) atoms. The van der Waals surface area contributed by atoms with Crippen molar-refractivity contribution >= 4 is 35.3 Å². The van der Waals surface area contributed by atoms with Crippen LogP contribution in [0.15, 0.2) is 47.4 Å². The van der Waals surface area contributed by atoms with E-state index in [1.807, 2.05) is 24.5 Å². The Kier molecular flexibility index (Phi) is 5.77. The maximum absolute atomic E-state index is 13.2. The van der Waals surface area contributed by atoms with Crippen molar-refractivity contribution in [3.8, 4) is 11.5 Å². The summed E-state index contributed by atoms with van der Waals surface area (Å²) >= 11 is 1.49. The summed E-state index contributed by atoms with van der Waals surface area (Å²) in [6.45, 7) is 2.31. The van der Waals surface area contributed by atoms with Crippen molar-refractivity contribution in [2.45, 2.75) is 23.8 Å². The number of amides is 4. The molecule has 8 nitrogen and oxygen atoms in total. The van der Waals surface area contributed by atoms with Crippen LogP contribution in [0.5, 0.6) is 11.5 Å². The fraction of sp³-hybridized carbons (Fsp3) is 0.318. The molecule has 1 atom stereocenters. The molecule has 2 heterocycles. The molecule has 2 N–H and O–H groups in total. The molecule has 0 spiro atoms. The van der Waals surface area contributed by atoms with Crippen molar-refractivity contribution in [2.75, 3.05) is 31.3 Å². The van der Waals surface area contributed by atoms with Crippen LogP contribution in [0.1, 0.15) is 18.9 Å². The lowest BCUT2D eigenvalue weighted by Crippen LogP contribution is -2.42. The van der Waals surface area contributed by atoms with Crippen molar-refractivity contribution in [2.24, 2.45) is 0 Å². The van der Waals surface area contributed by atoms with E-state index in [9.17, 15) is 14.4 Å². The van der Waals surface area contributed by atoms with Crippen LogP contribution in [0.3, 0.4) is 0 Å². The van der Waals surface area contributed by atoms with Gasteiger partial charge in [0.15, 0.2) is 11.5 Å². The Labute approximate surface area is 184 Å². The Morgan fingerprint density at radius 2 is 1.90 bits per heavy atom. The van der Waals surface area contributed by atoms with E-state index in [0.29, 0.717) is 36.0 Å². The number of imide groups is 1. The van der Waals surface area contributed by atoms with E-state index in [-0.39, 0.29) is 6.54 Å². The largest absolute Gasteiger partial charge is 0.490 e. The normalized spacial score (nSPS) is 20.3. The molecule has 2 aliphatic heterocycles. The number of nitrogens with one attached hydrogen (secondary N) is 2. The van der Waals surface area contributed by atoms with Crippen LogP contribution in [-0.4, -0.2) is 48.8 Å². The number of thioether (sulfide) groups is 1. The van der Waals surface area contributed by atoms with Crippen molar-refractivity contribution < 1.29 is 23.9 Å². The molecule has 2 aliphatic rings. The molecule has 162 valence electrons. The van der Waals surface area contributed by atoms with E-state index in [2.05, 4.69) is 10.6 Å². The Morgan fingerprint density at radius 1 is 1.16 bits per heavy atom. The van der Waals surface area contributed by atoms with Crippen LogP contribution in [0, 0.1) is 0 Å². The number of carbonyl (C=O) groups is 3. The van der Waals surface area contributed by atoms with Crippen molar-refractivity contribution in [3.05, 3.63) is 48.0 Å². The van der Waals surface area contributed by atoms with Crippen LogP contribution in [0.2, 0.25) is 0 Å². The number of benzene rings is 2. The van der Waals surface area contributed by atoms with Gasteiger partial charge < -0.3 is 20.1 Å². The first-order valence-corrected chi connectivity index (χ1v) is 11.1. The van der Waals surface area contributed by atoms with Crippen LogP contribution in [0.4, 0.5) is 10.5 Å². The number of ether oxygens (including phenoxy) is 2. The predicted molar refractivity (Wildman–Crippen MR) is 116 cm³/mol. The van der Waals surface area contributed by atoms with E-state index in [1.54, 1.807) is 31.2 Å². The lowest BCUT2D eigenvalue weighted by Gasteiger charge is -2.23. The zero-order valence-corrected chi connectivity index (χ0v) is 18.1. The average molecular weight is 442 g/mol. The van der Waals surface area contributed by atoms with Gasteiger partial charge >= 0.3 is 6.03 Å². The Bertz CT molecular complexity index is 1040. The number of hydrogen-bond acceptors (Lipinski definition) is 6. The molecule has 0 bridgehead atoms. The molecule has 4 amide bonds. The van der Waals surface area contributed by atoms with Crippen LogP contribution in [-0.2, 0) is 15.1 Å². The van der Waals surface area contributed by atoms with Crippen LogP contribution < -0.4 is 20.1 Å². The highest BCUT2D eigenvalue weighted by Gasteiger charge is 2.49. The standard InChI is InChI=1S/C22H23N3O5S/c1-22(14-8-9-16-17(12-14)30-11-5-10-29-16)20(27)25(21(28)24-22)13-19(26)23-15-6-3-4-7-18(15)31-2/h3-4,6-9,12H,5,10-11,13H2,1-2H3,(H,23,26)(H,24,28)/t22-/m1/s1. The number of nitrogens with zero attached hydrogens (tertiary/aromatic N) is 1. The second kappa shape index (κ2) is 8.50. The highest BCUT2D eigenvalue weighted by atomic mass is 32.2. The monoisotopic (exact) mass is 441 g/mol. The van der Waals surface area contributed by atoms with Gasteiger partial charge in [-0.3, -0.25) is 14.5 Å². The first-order valence-electron chi connectivity index (χ1n) is 9.89. The molecule has 0 unspecified atom stereocenters. The minimum absolute atomic E-state index is 0.381. The quantitative estimate of drug-likeness (QED) is 0.547. The zero-order valence-electron chi connectivity index (χ0n) is 17.3. The predicted octanol–water partition coefficient (Wildman–Crippen LogP) is 2.98. The molecule has 0 radical (unpaired) electrons. The summed E-state index contributed by atoms with van der Waals surface area (Å²) in [5.41, 5.74) is -0.109. The van der Waals surface area contributed by atoms with E-state index in [4.69, 9.17) is 9.47 Å². The van der Waals surface area contributed by atoms with E-state index < -0.39 is 23.4 Å². The van der Waals surface area contributed by atoms with Crippen LogP contribution >= 0.6 is 11.8 Å². The van der Waals surface area contributed by atoms with Crippen molar-refractivity contribution in [3.63, 3.8) is 0 Å². The van der Waals surface area contributed by atoms with Crippen LogP contribution in [0.25, 0.3) is 0 Å². The maximum Gasteiger partial charge on any atom is 0.325 e. The first kappa shape index (κ1) is 21.0.